The minimum absolute atomic E-state index is 0.443. The van der Waals surface area contributed by atoms with Gasteiger partial charge in [-0.05, 0) is 48.8 Å². The fourth-order valence-electron chi connectivity index (χ4n) is 3.02. The number of rotatable bonds is 2. The first kappa shape index (κ1) is 14.0. The summed E-state index contributed by atoms with van der Waals surface area (Å²) in [5.74, 6) is 0.863. The summed E-state index contributed by atoms with van der Waals surface area (Å²) in [6.45, 7) is 9.26. The van der Waals surface area contributed by atoms with Crippen LogP contribution in [-0.2, 0) is 0 Å². The van der Waals surface area contributed by atoms with E-state index in [0.29, 0.717) is 16.8 Å². The zero-order chi connectivity index (χ0) is 14.0. The highest BCUT2D eigenvalue weighted by molar-refractivity contribution is 5.69. The third-order valence-corrected chi connectivity index (χ3v) is 3.95. The third-order valence-electron chi connectivity index (χ3n) is 3.95. The Labute approximate surface area is 117 Å². The highest BCUT2D eigenvalue weighted by Gasteiger charge is 2.24. The van der Waals surface area contributed by atoms with Crippen LogP contribution in [0, 0.1) is 11.3 Å². The van der Waals surface area contributed by atoms with Crippen molar-refractivity contribution in [1.82, 2.24) is 0 Å². The molecule has 1 fully saturated rings. The number of nitrogens with zero attached hydrogens (tertiary/aromatic N) is 1. The third kappa shape index (κ3) is 3.79. The van der Waals surface area contributed by atoms with Gasteiger partial charge in [-0.3, -0.25) is 0 Å². The van der Waals surface area contributed by atoms with E-state index in [1.165, 1.54) is 24.9 Å². The highest BCUT2D eigenvalue weighted by Crippen LogP contribution is 2.33. The van der Waals surface area contributed by atoms with E-state index in [0.717, 1.165) is 19.0 Å². The lowest BCUT2D eigenvalue weighted by Crippen LogP contribution is -2.34. The lowest BCUT2D eigenvalue weighted by atomic mass is 9.80. The normalized spacial score (nSPS) is 17.7. The molecule has 1 aliphatic heterocycles. The van der Waals surface area contributed by atoms with Gasteiger partial charge in [-0.15, -0.1) is 0 Å². The number of piperidine rings is 1. The van der Waals surface area contributed by atoms with Crippen LogP contribution in [0.3, 0.4) is 0 Å². The van der Waals surface area contributed by atoms with E-state index in [1.54, 1.807) is 0 Å². The van der Waals surface area contributed by atoms with E-state index in [-0.39, 0.29) is 0 Å². The van der Waals surface area contributed by atoms with Gasteiger partial charge in [-0.2, -0.15) is 0 Å². The number of benzene rings is 1. The fourth-order valence-corrected chi connectivity index (χ4v) is 3.02. The maximum atomic E-state index is 5.89. The topological polar surface area (TPSA) is 55.3 Å². The fraction of sp³-hybridized carbons (Fsp3) is 0.625. The molecule has 1 saturated heterocycles. The minimum atomic E-state index is 0.443. The van der Waals surface area contributed by atoms with Crippen LogP contribution in [0.2, 0.25) is 0 Å². The molecule has 0 aliphatic carbocycles. The Bertz CT molecular complexity index is 426. The Morgan fingerprint density at radius 2 is 1.74 bits per heavy atom. The van der Waals surface area contributed by atoms with Crippen LogP contribution in [0.15, 0.2) is 18.2 Å². The number of nitrogen functional groups attached to an aromatic ring is 2. The van der Waals surface area contributed by atoms with E-state index >= 15 is 0 Å². The lowest BCUT2D eigenvalue weighted by Gasteiger charge is -2.36. The second-order valence-corrected chi connectivity index (χ2v) is 7.01. The summed E-state index contributed by atoms with van der Waals surface area (Å²) in [6.07, 6.45) is 3.88. The van der Waals surface area contributed by atoms with Crippen LogP contribution in [0.4, 0.5) is 17.1 Å². The zero-order valence-electron chi connectivity index (χ0n) is 12.4. The lowest BCUT2D eigenvalue weighted by molar-refractivity contribution is 0.258. The molecule has 4 N–H and O–H groups in total. The number of hydrogen-bond acceptors (Lipinski definition) is 3. The van der Waals surface area contributed by atoms with Gasteiger partial charge in [0.25, 0.3) is 0 Å². The van der Waals surface area contributed by atoms with Gasteiger partial charge in [0.15, 0.2) is 0 Å². The Balaban J connectivity index is 1.94. The molecular weight excluding hydrogens is 234 g/mol. The number of hydrogen-bond donors (Lipinski definition) is 2. The summed E-state index contributed by atoms with van der Waals surface area (Å²) < 4.78 is 0. The van der Waals surface area contributed by atoms with Crippen molar-refractivity contribution in [3.63, 3.8) is 0 Å². The first-order valence-electron chi connectivity index (χ1n) is 7.25. The molecule has 0 spiro atoms. The van der Waals surface area contributed by atoms with Crippen LogP contribution < -0.4 is 16.4 Å². The van der Waals surface area contributed by atoms with Crippen LogP contribution in [0.1, 0.15) is 40.0 Å². The summed E-state index contributed by atoms with van der Waals surface area (Å²) in [4.78, 5) is 2.43. The van der Waals surface area contributed by atoms with Crippen molar-refractivity contribution >= 4 is 17.1 Å². The van der Waals surface area contributed by atoms with Gasteiger partial charge in [0.05, 0.1) is 11.4 Å². The van der Waals surface area contributed by atoms with Crippen molar-refractivity contribution in [2.45, 2.75) is 40.0 Å². The van der Waals surface area contributed by atoms with Crippen molar-refractivity contribution < 1.29 is 0 Å². The largest absolute Gasteiger partial charge is 0.397 e. The molecule has 1 heterocycles. The van der Waals surface area contributed by atoms with Crippen molar-refractivity contribution in [3.05, 3.63) is 18.2 Å². The Kier molecular flexibility index (Phi) is 3.93. The molecule has 0 radical (unpaired) electrons. The van der Waals surface area contributed by atoms with Crippen molar-refractivity contribution in [3.8, 4) is 0 Å². The molecule has 3 heteroatoms. The number of nitrogens with two attached hydrogens (primary N) is 2. The first-order valence-corrected chi connectivity index (χ1v) is 7.25. The standard InChI is InChI=1S/C16H27N3/c1-16(2,3)11-12-6-8-19(9-7-12)13-4-5-14(17)15(18)10-13/h4-5,10,12H,6-9,11,17-18H2,1-3H3. The summed E-state index contributed by atoms with van der Waals surface area (Å²) in [6, 6.07) is 5.99. The van der Waals surface area contributed by atoms with Gasteiger partial charge in [0.2, 0.25) is 0 Å². The van der Waals surface area contributed by atoms with Crippen LogP contribution in [-0.4, -0.2) is 13.1 Å². The van der Waals surface area contributed by atoms with E-state index in [2.05, 4.69) is 31.7 Å². The Morgan fingerprint density at radius 1 is 1.11 bits per heavy atom. The molecule has 0 saturated carbocycles. The monoisotopic (exact) mass is 261 g/mol. The first-order chi connectivity index (χ1) is 8.85. The molecule has 0 unspecified atom stereocenters. The minimum Gasteiger partial charge on any atom is -0.397 e. The molecular formula is C16H27N3. The highest BCUT2D eigenvalue weighted by atomic mass is 15.1. The molecule has 3 nitrogen and oxygen atoms in total. The predicted molar refractivity (Wildman–Crippen MR) is 84.3 cm³/mol. The van der Waals surface area contributed by atoms with E-state index in [1.807, 2.05) is 12.1 Å². The molecule has 0 amide bonds. The molecule has 106 valence electrons. The zero-order valence-corrected chi connectivity index (χ0v) is 12.4. The molecule has 0 atom stereocenters. The number of anilines is 3. The maximum absolute atomic E-state index is 5.89. The quantitative estimate of drug-likeness (QED) is 0.801. The maximum Gasteiger partial charge on any atom is 0.0568 e. The Morgan fingerprint density at radius 3 is 2.26 bits per heavy atom. The Hall–Kier alpha value is -1.38. The van der Waals surface area contributed by atoms with Gasteiger partial charge in [0.1, 0.15) is 0 Å². The molecule has 0 aromatic heterocycles. The predicted octanol–water partition coefficient (Wildman–Crippen LogP) is 3.50. The SMILES string of the molecule is CC(C)(C)CC1CCN(c2ccc(N)c(N)c2)CC1. The van der Waals surface area contributed by atoms with Gasteiger partial charge >= 0.3 is 0 Å². The second kappa shape index (κ2) is 5.32. The average molecular weight is 261 g/mol. The molecule has 0 bridgehead atoms. The van der Waals surface area contributed by atoms with Crippen molar-refractivity contribution in [2.75, 3.05) is 29.5 Å². The second-order valence-electron chi connectivity index (χ2n) is 7.01. The molecule has 1 aromatic rings. The molecule has 19 heavy (non-hydrogen) atoms. The summed E-state index contributed by atoms with van der Waals surface area (Å²) in [7, 11) is 0. The van der Waals surface area contributed by atoms with Crippen LogP contribution >= 0.6 is 0 Å². The van der Waals surface area contributed by atoms with Gasteiger partial charge in [0, 0.05) is 18.8 Å². The van der Waals surface area contributed by atoms with E-state index < -0.39 is 0 Å². The van der Waals surface area contributed by atoms with Crippen LogP contribution in [0.25, 0.3) is 0 Å². The smallest absolute Gasteiger partial charge is 0.0568 e. The van der Waals surface area contributed by atoms with E-state index in [9.17, 15) is 0 Å². The summed E-state index contributed by atoms with van der Waals surface area (Å²) >= 11 is 0. The van der Waals surface area contributed by atoms with E-state index in [4.69, 9.17) is 11.5 Å². The average Bonchev–Trinajstić information content (AvgIpc) is 2.32. The van der Waals surface area contributed by atoms with Gasteiger partial charge < -0.3 is 16.4 Å². The van der Waals surface area contributed by atoms with Gasteiger partial charge in [-0.1, -0.05) is 20.8 Å². The molecule has 1 aliphatic rings. The van der Waals surface area contributed by atoms with Crippen molar-refractivity contribution in [1.29, 1.82) is 0 Å². The summed E-state index contributed by atoms with van der Waals surface area (Å²) in [5, 5.41) is 0. The van der Waals surface area contributed by atoms with Crippen LogP contribution in [0.5, 0.6) is 0 Å². The summed E-state index contributed by atoms with van der Waals surface area (Å²) in [5.41, 5.74) is 14.7. The molecule has 1 aromatic carbocycles. The van der Waals surface area contributed by atoms with Crippen molar-refractivity contribution in [2.24, 2.45) is 11.3 Å². The molecule has 2 rings (SSSR count). The van der Waals surface area contributed by atoms with Gasteiger partial charge in [-0.25, -0.2) is 0 Å².